The highest BCUT2D eigenvalue weighted by Gasteiger charge is 2.17. The van der Waals surface area contributed by atoms with Gasteiger partial charge < -0.3 is 5.11 Å². The number of aromatic nitrogens is 3. The molecule has 2 heterocycles. The number of pyridine rings is 1. The molecule has 0 aliphatic carbocycles. The van der Waals surface area contributed by atoms with Crippen LogP contribution in [0.25, 0.3) is 0 Å². The maximum atomic E-state index is 10.2. The van der Waals surface area contributed by atoms with Crippen molar-refractivity contribution in [2.24, 2.45) is 7.05 Å². The number of hydrogen-bond donors (Lipinski definition) is 1. The molecule has 96 valence electrons. The normalized spacial score (nSPS) is 12.7. The van der Waals surface area contributed by atoms with Crippen LogP contribution in [0.15, 0.2) is 22.9 Å². The first-order chi connectivity index (χ1) is 8.49. The van der Waals surface area contributed by atoms with Crippen LogP contribution in [0.2, 0.25) is 5.02 Å². The maximum absolute atomic E-state index is 10.2. The molecule has 2 rings (SSSR count). The van der Waals surface area contributed by atoms with E-state index in [1.807, 2.05) is 20.0 Å². The summed E-state index contributed by atoms with van der Waals surface area (Å²) in [5, 5.41) is 15.0. The molecule has 0 aliphatic rings. The largest absolute Gasteiger partial charge is 0.388 e. The molecule has 2 aromatic heterocycles. The molecule has 0 radical (unpaired) electrons. The van der Waals surface area contributed by atoms with Crippen LogP contribution in [0.3, 0.4) is 0 Å². The molecule has 18 heavy (non-hydrogen) atoms. The fourth-order valence-corrected chi connectivity index (χ4v) is 2.43. The Hall–Kier alpha value is -0.910. The zero-order chi connectivity index (χ0) is 13.3. The molecular weight excluding hydrogens is 318 g/mol. The van der Waals surface area contributed by atoms with Crippen molar-refractivity contribution < 1.29 is 5.11 Å². The second-order valence-corrected chi connectivity index (χ2v) is 5.42. The number of aliphatic hydroxyl groups is 1. The van der Waals surface area contributed by atoms with Gasteiger partial charge in [-0.1, -0.05) is 11.6 Å². The molecule has 0 fully saturated rings. The fourth-order valence-electron chi connectivity index (χ4n) is 1.81. The summed E-state index contributed by atoms with van der Waals surface area (Å²) in [5.41, 5.74) is 2.34. The fraction of sp³-hybridized carbons (Fsp3) is 0.333. The molecule has 0 saturated heterocycles. The third-order valence-electron chi connectivity index (χ3n) is 2.76. The van der Waals surface area contributed by atoms with E-state index in [1.165, 1.54) is 0 Å². The Balaban J connectivity index is 2.24. The highest BCUT2D eigenvalue weighted by atomic mass is 79.9. The van der Waals surface area contributed by atoms with Crippen molar-refractivity contribution >= 4 is 27.5 Å². The summed E-state index contributed by atoms with van der Waals surface area (Å²) in [4.78, 5) is 4.03. The van der Waals surface area contributed by atoms with Gasteiger partial charge in [-0.3, -0.25) is 9.67 Å². The quantitative estimate of drug-likeness (QED) is 0.941. The number of aryl methyl sites for hydroxylation is 2. The van der Waals surface area contributed by atoms with Crippen LogP contribution in [0.4, 0.5) is 0 Å². The van der Waals surface area contributed by atoms with E-state index >= 15 is 0 Å². The van der Waals surface area contributed by atoms with Crippen LogP contribution in [0, 0.1) is 6.92 Å². The van der Waals surface area contributed by atoms with Gasteiger partial charge in [0, 0.05) is 35.9 Å². The molecule has 0 bridgehead atoms. The molecule has 0 spiro atoms. The van der Waals surface area contributed by atoms with E-state index in [-0.39, 0.29) is 0 Å². The Labute approximate surface area is 119 Å². The van der Waals surface area contributed by atoms with Gasteiger partial charge in [-0.15, -0.1) is 0 Å². The van der Waals surface area contributed by atoms with Gasteiger partial charge in [-0.2, -0.15) is 5.10 Å². The van der Waals surface area contributed by atoms with Gasteiger partial charge in [0.05, 0.1) is 22.5 Å². The predicted molar refractivity (Wildman–Crippen MR) is 73.6 cm³/mol. The van der Waals surface area contributed by atoms with Crippen molar-refractivity contribution in [1.82, 2.24) is 14.8 Å². The maximum Gasteiger partial charge on any atom is 0.0861 e. The number of rotatable bonds is 3. The SMILES string of the molecule is Cc1nn(C)c(CC(O)c2cncc(Br)c2)c1Cl. The van der Waals surface area contributed by atoms with E-state index in [9.17, 15) is 5.11 Å². The summed E-state index contributed by atoms with van der Waals surface area (Å²) < 4.78 is 2.54. The van der Waals surface area contributed by atoms with Crippen molar-refractivity contribution in [1.29, 1.82) is 0 Å². The zero-order valence-electron chi connectivity index (χ0n) is 10.1. The minimum Gasteiger partial charge on any atom is -0.388 e. The van der Waals surface area contributed by atoms with Gasteiger partial charge in [0.1, 0.15) is 0 Å². The minimum absolute atomic E-state index is 0.411. The zero-order valence-corrected chi connectivity index (χ0v) is 12.4. The smallest absolute Gasteiger partial charge is 0.0861 e. The standard InChI is InChI=1S/C12H13BrClN3O/c1-7-12(14)10(17(2)16-7)4-11(18)8-3-9(13)6-15-5-8/h3,5-6,11,18H,4H2,1-2H3. The van der Waals surface area contributed by atoms with E-state index in [2.05, 4.69) is 26.0 Å². The number of hydrogen-bond acceptors (Lipinski definition) is 3. The molecule has 1 N–H and O–H groups in total. The molecule has 0 amide bonds. The van der Waals surface area contributed by atoms with Crippen LogP contribution in [-0.4, -0.2) is 19.9 Å². The second-order valence-electron chi connectivity index (χ2n) is 4.13. The van der Waals surface area contributed by atoms with E-state index in [0.717, 1.165) is 21.4 Å². The summed E-state index contributed by atoms with van der Waals surface area (Å²) in [7, 11) is 1.82. The van der Waals surface area contributed by atoms with E-state index in [0.29, 0.717) is 11.4 Å². The van der Waals surface area contributed by atoms with Gasteiger partial charge in [0.2, 0.25) is 0 Å². The molecule has 6 heteroatoms. The van der Waals surface area contributed by atoms with Crippen molar-refractivity contribution in [3.05, 3.63) is 44.9 Å². The molecular formula is C12H13BrClN3O. The van der Waals surface area contributed by atoms with Crippen LogP contribution in [0.5, 0.6) is 0 Å². The van der Waals surface area contributed by atoms with Gasteiger partial charge >= 0.3 is 0 Å². The number of halogens is 2. The molecule has 0 aliphatic heterocycles. The van der Waals surface area contributed by atoms with Crippen LogP contribution in [0.1, 0.15) is 23.1 Å². The second kappa shape index (κ2) is 5.38. The lowest BCUT2D eigenvalue weighted by Gasteiger charge is -2.11. The van der Waals surface area contributed by atoms with Crippen molar-refractivity contribution in [2.45, 2.75) is 19.4 Å². The van der Waals surface area contributed by atoms with Gasteiger partial charge in [-0.05, 0) is 28.9 Å². The Morgan fingerprint density at radius 1 is 1.50 bits per heavy atom. The topological polar surface area (TPSA) is 50.9 Å². The Morgan fingerprint density at radius 3 is 2.78 bits per heavy atom. The number of nitrogens with zero attached hydrogens (tertiary/aromatic N) is 3. The summed E-state index contributed by atoms with van der Waals surface area (Å²) >= 11 is 9.49. The summed E-state index contributed by atoms with van der Waals surface area (Å²) in [5.74, 6) is 0. The monoisotopic (exact) mass is 329 g/mol. The number of aliphatic hydroxyl groups excluding tert-OH is 1. The third kappa shape index (κ3) is 2.74. The average molecular weight is 331 g/mol. The van der Waals surface area contributed by atoms with E-state index < -0.39 is 6.10 Å². The minimum atomic E-state index is -0.651. The lowest BCUT2D eigenvalue weighted by molar-refractivity contribution is 0.175. The average Bonchev–Trinajstić information content (AvgIpc) is 2.56. The highest BCUT2D eigenvalue weighted by Crippen LogP contribution is 2.26. The molecule has 0 aromatic carbocycles. The first-order valence-corrected chi connectivity index (χ1v) is 6.62. The first kappa shape index (κ1) is 13.5. The molecule has 0 saturated carbocycles. The predicted octanol–water partition coefficient (Wildman–Crippen LogP) is 2.82. The third-order valence-corrected chi connectivity index (χ3v) is 3.68. The van der Waals surface area contributed by atoms with Gasteiger partial charge in [-0.25, -0.2) is 0 Å². The van der Waals surface area contributed by atoms with Crippen LogP contribution in [-0.2, 0) is 13.5 Å². The Bertz CT molecular complexity index is 570. The molecule has 4 nitrogen and oxygen atoms in total. The van der Waals surface area contributed by atoms with E-state index in [1.54, 1.807) is 17.1 Å². The lowest BCUT2D eigenvalue weighted by atomic mass is 10.1. The van der Waals surface area contributed by atoms with Crippen LogP contribution < -0.4 is 0 Å². The molecule has 2 aromatic rings. The lowest BCUT2D eigenvalue weighted by Crippen LogP contribution is -2.07. The van der Waals surface area contributed by atoms with Crippen LogP contribution >= 0.6 is 27.5 Å². The Morgan fingerprint density at radius 2 is 2.22 bits per heavy atom. The summed E-state index contributed by atoms with van der Waals surface area (Å²) in [6.45, 7) is 1.85. The molecule has 1 atom stereocenters. The van der Waals surface area contributed by atoms with Gasteiger partial charge in [0.25, 0.3) is 0 Å². The van der Waals surface area contributed by atoms with Crippen molar-refractivity contribution in [2.75, 3.05) is 0 Å². The highest BCUT2D eigenvalue weighted by molar-refractivity contribution is 9.10. The summed E-state index contributed by atoms with van der Waals surface area (Å²) in [6.07, 6.45) is 3.08. The van der Waals surface area contributed by atoms with Gasteiger partial charge in [0.15, 0.2) is 0 Å². The van der Waals surface area contributed by atoms with Crippen molar-refractivity contribution in [3.63, 3.8) is 0 Å². The summed E-state index contributed by atoms with van der Waals surface area (Å²) in [6, 6.07) is 1.84. The first-order valence-electron chi connectivity index (χ1n) is 5.45. The van der Waals surface area contributed by atoms with Crippen molar-refractivity contribution in [3.8, 4) is 0 Å². The van der Waals surface area contributed by atoms with E-state index in [4.69, 9.17) is 11.6 Å². The Kier molecular flexibility index (Phi) is 4.04. The molecule has 1 unspecified atom stereocenters.